The molecule has 0 fully saturated rings. The van der Waals surface area contributed by atoms with Crippen molar-refractivity contribution in [1.29, 1.82) is 0 Å². The summed E-state index contributed by atoms with van der Waals surface area (Å²) < 4.78 is 0. The molecule has 0 aromatic rings. The van der Waals surface area contributed by atoms with E-state index in [0.717, 1.165) is 0 Å². The van der Waals surface area contributed by atoms with E-state index in [-0.39, 0.29) is 0 Å². The Morgan fingerprint density at radius 1 is 1.38 bits per heavy atom. The summed E-state index contributed by atoms with van der Waals surface area (Å²) in [4.78, 5) is 0. The summed E-state index contributed by atoms with van der Waals surface area (Å²) in [5.74, 6) is 0. The Morgan fingerprint density at radius 3 is 2.00 bits per heavy atom. The molecule has 8 heavy (non-hydrogen) atoms. The minimum atomic E-state index is 0.326. The van der Waals surface area contributed by atoms with Gasteiger partial charge in [0.05, 0.1) is 0 Å². The van der Waals surface area contributed by atoms with Gasteiger partial charge < -0.3 is 0 Å². The molecule has 0 nitrogen and oxygen atoms in total. The van der Waals surface area contributed by atoms with Crippen molar-refractivity contribution in [2.45, 2.75) is 13.8 Å². The van der Waals surface area contributed by atoms with E-state index >= 15 is 0 Å². The van der Waals surface area contributed by atoms with Gasteiger partial charge in [-0.2, -0.15) is 0 Å². The first-order valence-corrected chi connectivity index (χ1v) is 5.08. The summed E-state index contributed by atoms with van der Waals surface area (Å²) in [7, 11) is 0.326. The Hall–Kier alpha value is 0.170. The van der Waals surface area contributed by atoms with Crippen LogP contribution in [-0.4, -0.2) is 18.5 Å². The zero-order chi connectivity index (χ0) is 6.41. The van der Waals surface area contributed by atoms with Crippen molar-refractivity contribution < 1.29 is 0 Å². The van der Waals surface area contributed by atoms with Gasteiger partial charge in [-0.15, -0.1) is 14.5 Å². The fourth-order valence-electron chi connectivity index (χ4n) is 0.664. The second-order valence-corrected chi connectivity index (χ2v) is 4.75. The van der Waals surface area contributed by atoms with Crippen LogP contribution in [0.4, 0.5) is 0 Å². The maximum absolute atomic E-state index is 3.71. The van der Waals surface area contributed by atoms with Gasteiger partial charge in [0, 0.05) is 0 Å². The molecular weight excluding hydrogens is 115 g/mol. The monoisotopic (exact) mass is 130 g/mol. The van der Waals surface area contributed by atoms with Gasteiger partial charge in [-0.25, -0.2) is 0 Å². The smallest absolute Gasteiger partial charge is 0.0148 e. The van der Waals surface area contributed by atoms with Gasteiger partial charge in [0.2, 0.25) is 0 Å². The molecular formula is C7H15P. The lowest BCUT2D eigenvalue weighted by Gasteiger charge is -2.07. The predicted molar refractivity (Wildman–Crippen MR) is 43.1 cm³/mol. The highest BCUT2D eigenvalue weighted by Gasteiger charge is 1.95. The van der Waals surface area contributed by atoms with Crippen LogP contribution in [-0.2, 0) is 0 Å². The molecule has 0 radical (unpaired) electrons. The molecule has 0 atom stereocenters. The molecule has 0 saturated heterocycles. The first-order chi connectivity index (χ1) is 3.85. The van der Waals surface area contributed by atoms with Gasteiger partial charge in [0.15, 0.2) is 0 Å². The second-order valence-electron chi connectivity index (χ2n) is 1.77. The van der Waals surface area contributed by atoms with Crippen molar-refractivity contribution in [2.24, 2.45) is 0 Å². The van der Waals surface area contributed by atoms with Gasteiger partial charge in [-0.3, -0.25) is 0 Å². The van der Waals surface area contributed by atoms with E-state index in [1.165, 1.54) is 18.5 Å². The minimum Gasteiger partial charge on any atom is -0.103 e. The Morgan fingerprint density at radius 2 is 1.88 bits per heavy atom. The molecule has 0 aromatic heterocycles. The highest BCUT2D eigenvalue weighted by molar-refractivity contribution is 7.57. The molecule has 0 spiro atoms. The fourth-order valence-corrected chi connectivity index (χ4v) is 1.99. The lowest BCUT2D eigenvalue weighted by atomic mass is 10.8. The zero-order valence-electron chi connectivity index (χ0n) is 5.85. The van der Waals surface area contributed by atoms with E-state index in [0.29, 0.717) is 7.92 Å². The van der Waals surface area contributed by atoms with Gasteiger partial charge in [0.1, 0.15) is 0 Å². The Labute approximate surface area is 53.7 Å². The lowest BCUT2D eigenvalue weighted by molar-refractivity contribution is 1.39. The number of allylic oxidation sites excluding steroid dienone is 1. The second kappa shape index (κ2) is 5.31. The molecule has 0 rings (SSSR count). The maximum atomic E-state index is 3.71. The Balaban J connectivity index is 3.20. The van der Waals surface area contributed by atoms with Gasteiger partial charge in [0.25, 0.3) is 0 Å². The third-order valence-electron chi connectivity index (χ3n) is 1.28. The van der Waals surface area contributed by atoms with Crippen LogP contribution in [0.5, 0.6) is 0 Å². The van der Waals surface area contributed by atoms with Crippen LogP contribution < -0.4 is 0 Å². The summed E-state index contributed by atoms with van der Waals surface area (Å²) in [6.07, 6.45) is 6.01. The van der Waals surface area contributed by atoms with E-state index in [1.807, 2.05) is 6.08 Å². The van der Waals surface area contributed by atoms with Gasteiger partial charge in [-0.1, -0.05) is 19.9 Å². The number of hydrogen-bond acceptors (Lipinski definition) is 0. The quantitative estimate of drug-likeness (QED) is 0.405. The summed E-state index contributed by atoms with van der Waals surface area (Å²) in [6.45, 7) is 8.24. The lowest BCUT2D eigenvalue weighted by Crippen LogP contribution is -1.84. The van der Waals surface area contributed by atoms with Crippen LogP contribution in [0.25, 0.3) is 0 Å². The van der Waals surface area contributed by atoms with Crippen LogP contribution in [0.15, 0.2) is 12.7 Å². The van der Waals surface area contributed by atoms with Crippen LogP contribution in [0.2, 0.25) is 0 Å². The molecule has 0 bridgehead atoms. The van der Waals surface area contributed by atoms with Crippen LogP contribution in [0.3, 0.4) is 0 Å². The molecule has 0 amide bonds. The van der Waals surface area contributed by atoms with Crippen molar-refractivity contribution >= 4 is 7.92 Å². The molecule has 0 aliphatic heterocycles. The molecule has 0 aromatic carbocycles. The van der Waals surface area contributed by atoms with Crippen LogP contribution in [0.1, 0.15) is 13.8 Å². The SMILES string of the molecule is C=CCP(CC)CC. The van der Waals surface area contributed by atoms with Crippen molar-refractivity contribution in [3.63, 3.8) is 0 Å². The summed E-state index contributed by atoms with van der Waals surface area (Å²) >= 11 is 0. The normalized spacial score (nSPS) is 9.88. The van der Waals surface area contributed by atoms with Crippen molar-refractivity contribution in [3.05, 3.63) is 12.7 Å². The largest absolute Gasteiger partial charge is 0.103 e. The van der Waals surface area contributed by atoms with Crippen LogP contribution in [0, 0.1) is 0 Å². The fraction of sp³-hybridized carbons (Fsp3) is 0.714. The number of hydrogen-bond donors (Lipinski definition) is 0. The first-order valence-electron chi connectivity index (χ1n) is 3.18. The van der Waals surface area contributed by atoms with Gasteiger partial charge in [-0.05, 0) is 18.5 Å². The third-order valence-corrected chi connectivity index (χ3v) is 3.85. The Kier molecular flexibility index (Phi) is 5.42. The molecule has 0 N–H and O–H groups in total. The topological polar surface area (TPSA) is 0 Å². The van der Waals surface area contributed by atoms with Crippen molar-refractivity contribution in [3.8, 4) is 0 Å². The van der Waals surface area contributed by atoms with Gasteiger partial charge >= 0.3 is 0 Å². The minimum absolute atomic E-state index is 0.326. The third kappa shape index (κ3) is 3.21. The molecule has 1 heteroatoms. The highest BCUT2D eigenvalue weighted by atomic mass is 31.1. The first kappa shape index (κ1) is 8.17. The molecule has 0 heterocycles. The molecule has 0 saturated carbocycles. The van der Waals surface area contributed by atoms with E-state index in [1.54, 1.807) is 0 Å². The average Bonchev–Trinajstić information content (AvgIpc) is 1.83. The molecule has 0 aliphatic carbocycles. The molecule has 0 unspecified atom stereocenters. The Bertz CT molecular complexity index is 55.4. The van der Waals surface area contributed by atoms with E-state index in [2.05, 4.69) is 20.4 Å². The summed E-state index contributed by atoms with van der Waals surface area (Å²) in [5.41, 5.74) is 0. The van der Waals surface area contributed by atoms with E-state index in [9.17, 15) is 0 Å². The number of rotatable bonds is 4. The summed E-state index contributed by atoms with van der Waals surface area (Å²) in [5, 5.41) is 0. The highest BCUT2D eigenvalue weighted by Crippen LogP contribution is 2.33. The van der Waals surface area contributed by atoms with Crippen molar-refractivity contribution in [1.82, 2.24) is 0 Å². The maximum Gasteiger partial charge on any atom is -0.0148 e. The van der Waals surface area contributed by atoms with E-state index < -0.39 is 0 Å². The molecule has 0 aliphatic rings. The van der Waals surface area contributed by atoms with Crippen molar-refractivity contribution in [2.75, 3.05) is 18.5 Å². The van der Waals surface area contributed by atoms with Crippen LogP contribution >= 0.6 is 7.92 Å². The molecule has 48 valence electrons. The van der Waals surface area contributed by atoms with E-state index in [4.69, 9.17) is 0 Å². The summed E-state index contributed by atoms with van der Waals surface area (Å²) in [6, 6.07) is 0. The standard InChI is InChI=1S/C7H15P/c1-4-7-8(5-2)6-3/h4H,1,5-7H2,2-3H3. The average molecular weight is 130 g/mol. The zero-order valence-corrected chi connectivity index (χ0v) is 6.75. The predicted octanol–water partition coefficient (Wildman–Crippen LogP) is 2.69.